The lowest BCUT2D eigenvalue weighted by atomic mass is 9.75. The fourth-order valence-corrected chi connectivity index (χ4v) is 4.78. The average Bonchev–Trinajstić information content (AvgIpc) is 3.20. The molecule has 4 heterocycles. The maximum Gasteiger partial charge on any atom is 0.137 e. The molecule has 4 aliphatic rings. The number of β-amino-alcohol motifs (C(OH)–C–C–N with tert-alkyl or cyclic N) is 1. The van der Waals surface area contributed by atoms with Crippen LogP contribution >= 0.6 is 0 Å². The number of fused-ring (bicyclic) bond motifs is 3. The smallest absolute Gasteiger partial charge is 0.137 e. The summed E-state index contributed by atoms with van der Waals surface area (Å²) >= 11 is 0. The van der Waals surface area contributed by atoms with E-state index in [9.17, 15) is 5.11 Å². The third-order valence-corrected chi connectivity index (χ3v) is 6.11. The zero-order valence-electron chi connectivity index (χ0n) is 13.8. The van der Waals surface area contributed by atoms with E-state index in [0.717, 1.165) is 31.4 Å². The van der Waals surface area contributed by atoms with Crippen molar-refractivity contribution in [3.8, 4) is 0 Å². The van der Waals surface area contributed by atoms with Gasteiger partial charge in [0.15, 0.2) is 0 Å². The van der Waals surface area contributed by atoms with Gasteiger partial charge in [-0.05, 0) is 43.6 Å². The van der Waals surface area contributed by atoms with Crippen LogP contribution in [0.25, 0.3) is 0 Å². The second-order valence-electron chi connectivity index (χ2n) is 7.70. The third-order valence-electron chi connectivity index (χ3n) is 6.11. The van der Waals surface area contributed by atoms with Crippen LogP contribution in [0.2, 0.25) is 0 Å². The quantitative estimate of drug-likeness (QED) is 0.893. The molecule has 24 heavy (non-hydrogen) atoms. The molecule has 1 saturated carbocycles. The lowest BCUT2D eigenvalue weighted by Gasteiger charge is -2.40. The number of H-pyrrole nitrogens is 1. The van der Waals surface area contributed by atoms with Gasteiger partial charge in [-0.2, -0.15) is 5.11 Å². The first-order valence-electron chi connectivity index (χ1n) is 9.09. The number of aliphatic hydroxyl groups is 1. The number of likely N-dealkylation sites (tertiary alicyclic amines) is 1. The summed E-state index contributed by atoms with van der Waals surface area (Å²) in [4.78, 5) is 10.00. The van der Waals surface area contributed by atoms with Gasteiger partial charge in [0.2, 0.25) is 0 Å². The first-order chi connectivity index (χ1) is 11.8. The van der Waals surface area contributed by atoms with Gasteiger partial charge in [-0.25, -0.2) is 10.0 Å². The fraction of sp³-hybridized carbons (Fsp3) is 0.706. The number of aromatic amines is 1. The van der Waals surface area contributed by atoms with Gasteiger partial charge in [0.05, 0.1) is 6.10 Å². The lowest BCUT2D eigenvalue weighted by molar-refractivity contribution is -0.0113. The van der Waals surface area contributed by atoms with Crippen molar-refractivity contribution in [2.24, 2.45) is 27.2 Å². The molecule has 5 rings (SSSR count). The Balaban J connectivity index is 1.23. The van der Waals surface area contributed by atoms with Crippen LogP contribution in [0.3, 0.4) is 0 Å². The Hall–Kier alpha value is -1.73. The Morgan fingerprint density at radius 2 is 2.04 bits per heavy atom. The van der Waals surface area contributed by atoms with E-state index < -0.39 is 0 Å². The van der Waals surface area contributed by atoms with Crippen molar-refractivity contribution in [1.29, 1.82) is 0 Å². The summed E-state index contributed by atoms with van der Waals surface area (Å²) in [5.41, 5.74) is 1.23. The molecule has 1 aliphatic carbocycles. The first-order valence-corrected chi connectivity index (χ1v) is 9.09. The van der Waals surface area contributed by atoms with E-state index in [1.807, 2.05) is 11.2 Å². The molecule has 2 N–H and O–H groups in total. The predicted octanol–water partition coefficient (Wildman–Crippen LogP) is 2.26. The summed E-state index contributed by atoms with van der Waals surface area (Å²) in [7, 11) is 0. The molecular weight excluding hydrogens is 304 g/mol. The topological polar surface area (TPSA) is 79.6 Å². The number of hydrogen-bond acceptors (Lipinski definition) is 6. The molecule has 128 valence electrons. The van der Waals surface area contributed by atoms with Crippen LogP contribution in [0.1, 0.15) is 37.3 Å². The minimum atomic E-state index is -0.0882. The van der Waals surface area contributed by atoms with Crippen molar-refractivity contribution in [2.45, 2.75) is 43.9 Å². The van der Waals surface area contributed by atoms with Crippen LogP contribution in [0.4, 0.5) is 5.82 Å². The highest BCUT2D eigenvalue weighted by Crippen LogP contribution is 2.45. The Morgan fingerprint density at radius 1 is 1.21 bits per heavy atom. The molecule has 0 radical (unpaired) electrons. The number of nitrogens with one attached hydrogen (secondary N) is 1. The molecule has 1 aromatic heterocycles. The molecule has 0 aromatic carbocycles. The summed E-state index contributed by atoms with van der Waals surface area (Å²) in [5, 5.41) is 20.3. The van der Waals surface area contributed by atoms with Gasteiger partial charge in [0, 0.05) is 31.4 Å². The van der Waals surface area contributed by atoms with Gasteiger partial charge in [-0.3, -0.25) is 4.90 Å². The maximum absolute atomic E-state index is 9.42. The Kier molecular flexibility index (Phi) is 3.45. The largest absolute Gasteiger partial charge is 0.390 e. The normalized spacial score (nSPS) is 35.8. The molecular formula is C17H24N6O. The van der Waals surface area contributed by atoms with E-state index in [4.69, 9.17) is 0 Å². The van der Waals surface area contributed by atoms with Crippen molar-refractivity contribution >= 4 is 12.2 Å². The van der Waals surface area contributed by atoms with E-state index in [0.29, 0.717) is 5.92 Å². The van der Waals surface area contributed by atoms with Gasteiger partial charge in [-0.15, -0.1) is 0 Å². The van der Waals surface area contributed by atoms with Crippen molar-refractivity contribution in [3.05, 3.63) is 17.8 Å². The molecule has 0 bridgehead atoms. The molecule has 0 spiro atoms. The molecule has 1 saturated heterocycles. The van der Waals surface area contributed by atoms with E-state index >= 15 is 0 Å². The zero-order valence-corrected chi connectivity index (χ0v) is 13.8. The highest BCUT2D eigenvalue weighted by Gasteiger charge is 2.43. The van der Waals surface area contributed by atoms with Gasteiger partial charge < -0.3 is 10.1 Å². The average molecular weight is 328 g/mol. The van der Waals surface area contributed by atoms with Gasteiger partial charge >= 0.3 is 0 Å². The van der Waals surface area contributed by atoms with Crippen molar-refractivity contribution in [1.82, 2.24) is 14.9 Å². The van der Waals surface area contributed by atoms with Crippen molar-refractivity contribution in [2.75, 3.05) is 19.6 Å². The summed E-state index contributed by atoms with van der Waals surface area (Å²) in [5.74, 6) is 2.34. The zero-order chi connectivity index (χ0) is 16.1. The van der Waals surface area contributed by atoms with Crippen LogP contribution < -0.4 is 0 Å². The highest BCUT2D eigenvalue weighted by atomic mass is 16.3. The van der Waals surface area contributed by atoms with Crippen LogP contribution in [-0.2, 0) is 0 Å². The molecule has 7 heteroatoms. The molecule has 2 fully saturated rings. The second kappa shape index (κ2) is 5.67. The molecule has 3 aliphatic heterocycles. The van der Waals surface area contributed by atoms with E-state index in [2.05, 4.69) is 31.3 Å². The number of aromatic nitrogens is 1. The van der Waals surface area contributed by atoms with Crippen LogP contribution in [-0.4, -0.2) is 58.1 Å². The summed E-state index contributed by atoms with van der Waals surface area (Å²) in [6.07, 6.45) is 8.66. The lowest BCUT2D eigenvalue weighted by Crippen LogP contribution is -2.52. The third kappa shape index (κ3) is 2.38. The van der Waals surface area contributed by atoms with Crippen molar-refractivity contribution in [3.63, 3.8) is 0 Å². The maximum atomic E-state index is 9.42. The minimum absolute atomic E-state index is 0.0882. The summed E-state index contributed by atoms with van der Waals surface area (Å²) in [6.45, 7) is 2.88. The highest BCUT2D eigenvalue weighted by molar-refractivity contribution is 5.66. The number of nitrogens with zero attached hydrogens (tertiary/aromatic N) is 5. The number of rotatable bonds is 3. The van der Waals surface area contributed by atoms with E-state index in [1.54, 1.807) is 6.34 Å². The second-order valence-corrected chi connectivity index (χ2v) is 7.70. The Bertz CT molecular complexity index is 656. The monoisotopic (exact) mass is 328 g/mol. The summed E-state index contributed by atoms with van der Waals surface area (Å²) in [6, 6.07) is 2.59. The van der Waals surface area contributed by atoms with Gasteiger partial charge in [0.25, 0.3) is 0 Å². The number of hydrogen-bond donors (Lipinski definition) is 2. The van der Waals surface area contributed by atoms with Crippen molar-refractivity contribution < 1.29 is 5.11 Å². The molecule has 7 nitrogen and oxygen atoms in total. The standard InChI is InChI=1S/C17H24N6O/c24-13-8-22(9-13)7-11-1-3-12(4-2-11)15-16-14-5-6-18-17(14)19-10-23(16)21-20-15/h5-6,10-13,15-16,18,24H,1-4,7-9H2. The molecule has 2 unspecified atom stereocenters. The molecule has 0 amide bonds. The van der Waals surface area contributed by atoms with Crippen LogP contribution in [0.5, 0.6) is 0 Å². The van der Waals surface area contributed by atoms with Crippen LogP contribution in [0, 0.1) is 11.8 Å². The summed E-state index contributed by atoms with van der Waals surface area (Å²) < 4.78 is 0. The fourth-order valence-electron chi connectivity index (χ4n) is 4.78. The van der Waals surface area contributed by atoms with E-state index in [-0.39, 0.29) is 18.2 Å². The SMILES string of the molecule is OC1CN(CC2CCC(C3N=NN4C=Nc5[nH]ccc5C34)CC2)C1. The minimum Gasteiger partial charge on any atom is -0.390 e. The van der Waals surface area contributed by atoms with Gasteiger partial charge in [-0.1, -0.05) is 5.22 Å². The number of aliphatic imine (C=N–C) groups is 1. The van der Waals surface area contributed by atoms with E-state index in [1.165, 1.54) is 31.2 Å². The first kappa shape index (κ1) is 14.6. The van der Waals surface area contributed by atoms with Crippen LogP contribution in [0.15, 0.2) is 27.6 Å². The predicted molar refractivity (Wildman–Crippen MR) is 90.1 cm³/mol. The Labute approximate surface area is 141 Å². The van der Waals surface area contributed by atoms with Gasteiger partial charge in [0.1, 0.15) is 24.2 Å². The number of aliphatic hydroxyl groups excluding tert-OH is 1. The molecule has 2 atom stereocenters. The molecule has 1 aromatic rings. The Morgan fingerprint density at radius 3 is 2.83 bits per heavy atom.